The largest absolute Gasteiger partial charge is 0.311 e. The molecular weight excluding hydrogens is 196 g/mol. The zero-order chi connectivity index (χ0) is 10.4. The Balaban J connectivity index is 2.28. The van der Waals surface area contributed by atoms with Crippen LogP contribution in [0.4, 0.5) is 0 Å². The molecule has 0 aliphatic heterocycles. The molecule has 1 N–H and O–H groups in total. The van der Waals surface area contributed by atoms with Gasteiger partial charge in [-0.25, -0.2) is 0 Å². The molecule has 0 fully saturated rings. The first-order valence-electron chi connectivity index (χ1n) is 4.95. The second-order valence-corrected chi connectivity index (χ2v) is 4.26. The Kier molecular flexibility index (Phi) is 4.91. The molecule has 0 aliphatic rings. The van der Waals surface area contributed by atoms with E-state index in [2.05, 4.69) is 23.3 Å². The molecule has 1 heterocycles. The van der Waals surface area contributed by atoms with Crippen molar-refractivity contribution in [3.63, 3.8) is 0 Å². The molecule has 1 atom stereocenters. The van der Waals surface area contributed by atoms with Gasteiger partial charge < -0.3 is 5.32 Å². The minimum Gasteiger partial charge on any atom is -0.311 e. The Hall–Kier alpha value is -0.600. The maximum absolute atomic E-state index is 5.84. The molecule has 0 saturated carbocycles. The monoisotopic (exact) mass is 212 g/mol. The van der Waals surface area contributed by atoms with E-state index in [0.29, 0.717) is 0 Å². The van der Waals surface area contributed by atoms with Crippen molar-refractivity contribution in [3.8, 4) is 0 Å². The molecule has 1 rings (SSSR count). The highest BCUT2D eigenvalue weighted by molar-refractivity contribution is 6.20. The van der Waals surface area contributed by atoms with Gasteiger partial charge in [-0.2, -0.15) is 0 Å². The minimum absolute atomic E-state index is 0.243. The number of halogens is 1. The van der Waals surface area contributed by atoms with Gasteiger partial charge >= 0.3 is 0 Å². The molecule has 14 heavy (non-hydrogen) atoms. The van der Waals surface area contributed by atoms with Crippen molar-refractivity contribution >= 4 is 11.6 Å². The van der Waals surface area contributed by atoms with Crippen LogP contribution in [0.3, 0.4) is 0 Å². The number of aryl methyl sites for hydroxylation is 1. The summed E-state index contributed by atoms with van der Waals surface area (Å²) in [5.41, 5.74) is 2.36. The number of rotatable bonds is 5. The number of nitrogens with one attached hydrogen (secondary N) is 1. The van der Waals surface area contributed by atoms with E-state index in [-0.39, 0.29) is 5.38 Å². The summed E-state index contributed by atoms with van der Waals surface area (Å²) in [6.45, 7) is 5.86. The van der Waals surface area contributed by atoms with Gasteiger partial charge in [-0.3, -0.25) is 4.98 Å². The SMILES string of the molecule is Cc1cccnc1CNCCC(C)Cl. The van der Waals surface area contributed by atoms with E-state index in [1.54, 1.807) is 0 Å². The lowest BCUT2D eigenvalue weighted by atomic mass is 10.2. The van der Waals surface area contributed by atoms with Crippen LogP contribution >= 0.6 is 11.6 Å². The summed E-state index contributed by atoms with van der Waals surface area (Å²) in [5, 5.41) is 3.57. The first kappa shape index (κ1) is 11.5. The molecular formula is C11H17ClN2. The maximum Gasteiger partial charge on any atom is 0.0570 e. The van der Waals surface area contributed by atoms with Crippen LogP contribution in [-0.2, 0) is 6.54 Å². The lowest BCUT2D eigenvalue weighted by Crippen LogP contribution is -2.18. The third-order valence-corrected chi connectivity index (χ3v) is 2.35. The molecule has 2 nitrogen and oxygen atoms in total. The third kappa shape index (κ3) is 4.07. The summed E-state index contributed by atoms with van der Waals surface area (Å²) < 4.78 is 0. The predicted octanol–water partition coefficient (Wildman–Crippen LogP) is 2.50. The van der Waals surface area contributed by atoms with E-state index in [1.165, 1.54) is 5.56 Å². The molecule has 0 saturated heterocycles. The molecule has 1 aromatic heterocycles. The van der Waals surface area contributed by atoms with E-state index in [4.69, 9.17) is 11.6 Å². The number of pyridine rings is 1. The van der Waals surface area contributed by atoms with Crippen LogP contribution in [0.5, 0.6) is 0 Å². The van der Waals surface area contributed by atoms with Crippen LogP contribution in [0, 0.1) is 6.92 Å². The molecule has 0 bridgehead atoms. The van der Waals surface area contributed by atoms with Crippen molar-refractivity contribution in [2.45, 2.75) is 32.2 Å². The topological polar surface area (TPSA) is 24.9 Å². The molecule has 78 valence electrons. The highest BCUT2D eigenvalue weighted by Gasteiger charge is 1.99. The number of alkyl halides is 1. The lowest BCUT2D eigenvalue weighted by molar-refractivity contribution is 0.634. The van der Waals surface area contributed by atoms with Gasteiger partial charge in [0.05, 0.1) is 5.69 Å². The third-order valence-electron chi connectivity index (χ3n) is 2.13. The van der Waals surface area contributed by atoms with Crippen LogP contribution in [0.1, 0.15) is 24.6 Å². The van der Waals surface area contributed by atoms with E-state index >= 15 is 0 Å². The molecule has 0 radical (unpaired) electrons. The van der Waals surface area contributed by atoms with Crippen LogP contribution in [0.2, 0.25) is 0 Å². The first-order chi connectivity index (χ1) is 6.70. The van der Waals surface area contributed by atoms with Crippen molar-refractivity contribution in [2.75, 3.05) is 6.54 Å². The fourth-order valence-corrected chi connectivity index (χ4v) is 1.32. The molecule has 0 aromatic carbocycles. The van der Waals surface area contributed by atoms with Crippen LogP contribution in [-0.4, -0.2) is 16.9 Å². The van der Waals surface area contributed by atoms with Crippen molar-refractivity contribution in [1.82, 2.24) is 10.3 Å². The van der Waals surface area contributed by atoms with Crippen molar-refractivity contribution in [2.24, 2.45) is 0 Å². The van der Waals surface area contributed by atoms with E-state index in [9.17, 15) is 0 Å². The van der Waals surface area contributed by atoms with Gasteiger partial charge in [0.2, 0.25) is 0 Å². The van der Waals surface area contributed by atoms with Crippen LogP contribution < -0.4 is 5.32 Å². The molecule has 3 heteroatoms. The first-order valence-corrected chi connectivity index (χ1v) is 5.39. The molecule has 1 aromatic rings. The standard InChI is InChI=1S/C11H17ClN2/c1-9-4-3-6-14-11(9)8-13-7-5-10(2)12/h3-4,6,10,13H,5,7-8H2,1-2H3. The van der Waals surface area contributed by atoms with Gasteiger partial charge in [-0.15, -0.1) is 11.6 Å². The maximum atomic E-state index is 5.84. The predicted molar refractivity (Wildman–Crippen MR) is 60.6 cm³/mol. The summed E-state index contributed by atoms with van der Waals surface area (Å²) >= 11 is 5.84. The number of hydrogen-bond donors (Lipinski definition) is 1. The summed E-state index contributed by atoms with van der Waals surface area (Å²) in [6.07, 6.45) is 2.82. The van der Waals surface area contributed by atoms with E-state index in [0.717, 1.165) is 25.2 Å². The van der Waals surface area contributed by atoms with Crippen LogP contribution in [0.15, 0.2) is 18.3 Å². The Morgan fingerprint density at radius 1 is 1.57 bits per heavy atom. The Labute approximate surface area is 90.7 Å². The summed E-state index contributed by atoms with van der Waals surface area (Å²) in [5.74, 6) is 0. The van der Waals surface area contributed by atoms with Gasteiger partial charge in [0.25, 0.3) is 0 Å². The van der Waals surface area contributed by atoms with Gasteiger partial charge in [-0.1, -0.05) is 6.07 Å². The second-order valence-electron chi connectivity index (χ2n) is 3.51. The van der Waals surface area contributed by atoms with Gasteiger partial charge in [0.15, 0.2) is 0 Å². The minimum atomic E-state index is 0.243. The Morgan fingerprint density at radius 3 is 3.00 bits per heavy atom. The molecule has 0 spiro atoms. The lowest BCUT2D eigenvalue weighted by Gasteiger charge is -2.07. The molecule has 1 unspecified atom stereocenters. The summed E-state index contributed by atoms with van der Waals surface area (Å²) in [7, 11) is 0. The number of hydrogen-bond acceptors (Lipinski definition) is 2. The Bertz CT molecular complexity index is 274. The zero-order valence-electron chi connectivity index (χ0n) is 8.76. The highest BCUT2D eigenvalue weighted by Crippen LogP contribution is 2.03. The molecule has 0 amide bonds. The molecule has 0 aliphatic carbocycles. The van der Waals surface area contributed by atoms with E-state index < -0.39 is 0 Å². The summed E-state index contributed by atoms with van der Waals surface area (Å²) in [6, 6.07) is 4.04. The average Bonchev–Trinajstić information content (AvgIpc) is 2.15. The zero-order valence-corrected chi connectivity index (χ0v) is 9.51. The van der Waals surface area contributed by atoms with Gasteiger partial charge in [0.1, 0.15) is 0 Å². The Morgan fingerprint density at radius 2 is 2.36 bits per heavy atom. The fourth-order valence-electron chi connectivity index (χ4n) is 1.21. The second kappa shape index (κ2) is 5.99. The van der Waals surface area contributed by atoms with Gasteiger partial charge in [0, 0.05) is 18.1 Å². The number of nitrogens with zero attached hydrogens (tertiary/aromatic N) is 1. The quantitative estimate of drug-likeness (QED) is 0.599. The van der Waals surface area contributed by atoms with Crippen molar-refractivity contribution < 1.29 is 0 Å². The highest BCUT2D eigenvalue weighted by atomic mass is 35.5. The smallest absolute Gasteiger partial charge is 0.0570 e. The van der Waals surface area contributed by atoms with Crippen molar-refractivity contribution in [3.05, 3.63) is 29.6 Å². The fraction of sp³-hybridized carbons (Fsp3) is 0.545. The number of aromatic nitrogens is 1. The van der Waals surface area contributed by atoms with Gasteiger partial charge in [-0.05, 0) is 38.4 Å². The average molecular weight is 213 g/mol. The van der Waals surface area contributed by atoms with Crippen molar-refractivity contribution in [1.29, 1.82) is 0 Å². The van der Waals surface area contributed by atoms with Crippen LogP contribution in [0.25, 0.3) is 0 Å². The van der Waals surface area contributed by atoms with E-state index in [1.807, 2.05) is 19.2 Å². The summed E-state index contributed by atoms with van der Waals surface area (Å²) in [4.78, 5) is 4.30. The normalized spacial score (nSPS) is 12.8.